The van der Waals surface area contributed by atoms with Crippen LogP contribution in [0.2, 0.25) is 0 Å². The van der Waals surface area contributed by atoms with Crippen LogP contribution in [0.4, 0.5) is 0 Å². The number of rotatable bonds is 1. The number of nitrogens with zero attached hydrogens (tertiary/aromatic N) is 2. The summed E-state index contributed by atoms with van der Waals surface area (Å²) in [6, 6.07) is 0.475. The van der Waals surface area contributed by atoms with Crippen LogP contribution in [0.15, 0.2) is 0 Å². The van der Waals surface area contributed by atoms with E-state index in [0.717, 1.165) is 25.9 Å². The predicted molar refractivity (Wildman–Crippen MR) is 65.3 cm³/mol. The monoisotopic (exact) mass is 224 g/mol. The fraction of sp³-hybridized carbons (Fsp3) is 0.923. The standard InChI is InChI=1S/C13H24N2O/c1-13(2,3)14-8-4-6-11(10-14)15-9-5-7-12(15)16/h11H,4-10H2,1-3H3/t11-/m0/s1. The average molecular weight is 224 g/mol. The van der Waals surface area contributed by atoms with Crippen molar-refractivity contribution in [3.8, 4) is 0 Å². The van der Waals surface area contributed by atoms with Gasteiger partial charge in [-0.1, -0.05) is 0 Å². The molecule has 2 saturated heterocycles. The van der Waals surface area contributed by atoms with Gasteiger partial charge in [-0.05, 0) is 46.6 Å². The summed E-state index contributed by atoms with van der Waals surface area (Å²) in [7, 11) is 0. The van der Waals surface area contributed by atoms with Gasteiger partial charge in [-0.15, -0.1) is 0 Å². The summed E-state index contributed by atoms with van der Waals surface area (Å²) >= 11 is 0. The lowest BCUT2D eigenvalue weighted by Gasteiger charge is -2.44. The largest absolute Gasteiger partial charge is 0.338 e. The molecule has 0 aromatic heterocycles. The van der Waals surface area contributed by atoms with E-state index in [-0.39, 0.29) is 5.54 Å². The number of amides is 1. The zero-order valence-electron chi connectivity index (χ0n) is 10.8. The van der Waals surface area contributed by atoms with E-state index in [1.54, 1.807) is 0 Å². The zero-order chi connectivity index (χ0) is 11.8. The van der Waals surface area contributed by atoms with Crippen molar-refractivity contribution in [2.45, 2.75) is 58.0 Å². The van der Waals surface area contributed by atoms with Crippen molar-refractivity contribution in [1.29, 1.82) is 0 Å². The number of piperidine rings is 1. The maximum absolute atomic E-state index is 11.7. The molecule has 3 nitrogen and oxygen atoms in total. The van der Waals surface area contributed by atoms with E-state index in [9.17, 15) is 4.79 Å². The number of hydrogen-bond donors (Lipinski definition) is 0. The molecule has 0 N–H and O–H groups in total. The van der Waals surface area contributed by atoms with E-state index < -0.39 is 0 Å². The van der Waals surface area contributed by atoms with Gasteiger partial charge in [-0.25, -0.2) is 0 Å². The van der Waals surface area contributed by atoms with Crippen LogP contribution in [0.5, 0.6) is 0 Å². The second kappa shape index (κ2) is 4.36. The molecule has 1 amide bonds. The van der Waals surface area contributed by atoms with Crippen LogP contribution < -0.4 is 0 Å². The molecular formula is C13H24N2O. The van der Waals surface area contributed by atoms with Crippen molar-refractivity contribution < 1.29 is 4.79 Å². The van der Waals surface area contributed by atoms with Crippen LogP contribution in [-0.4, -0.2) is 46.9 Å². The summed E-state index contributed by atoms with van der Waals surface area (Å²) in [6.45, 7) is 10.0. The molecule has 0 spiro atoms. The molecule has 2 fully saturated rings. The lowest BCUT2D eigenvalue weighted by Crippen LogP contribution is -2.54. The van der Waals surface area contributed by atoms with Crippen LogP contribution >= 0.6 is 0 Å². The minimum Gasteiger partial charge on any atom is -0.338 e. The van der Waals surface area contributed by atoms with Gasteiger partial charge in [0.15, 0.2) is 0 Å². The van der Waals surface area contributed by atoms with Crippen LogP contribution in [0.1, 0.15) is 46.5 Å². The van der Waals surface area contributed by atoms with E-state index in [2.05, 4.69) is 30.6 Å². The Balaban J connectivity index is 1.99. The third-order valence-corrected chi connectivity index (χ3v) is 3.90. The molecule has 3 heteroatoms. The van der Waals surface area contributed by atoms with Gasteiger partial charge in [0.25, 0.3) is 0 Å². The van der Waals surface area contributed by atoms with Gasteiger partial charge in [0.2, 0.25) is 5.91 Å². The van der Waals surface area contributed by atoms with Crippen molar-refractivity contribution in [2.75, 3.05) is 19.6 Å². The highest BCUT2D eigenvalue weighted by atomic mass is 16.2. The molecule has 2 aliphatic heterocycles. The van der Waals surface area contributed by atoms with Gasteiger partial charge in [0.05, 0.1) is 0 Å². The smallest absolute Gasteiger partial charge is 0.222 e. The van der Waals surface area contributed by atoms with E-state index in [4.69, 9.17) is 0 Å². The van der Waals surface area contributed by atoms with Crippen molar-refractivity contribution in [3.63, 3.8) is 0 Å². The highest BCUT2D eigenvalue weighted by molar-refractivity contribution is 5.78. The van der Waals surface area contributed by atoms with Gasteiger partial charge in [0, 0.05) is 31.1 Å². The molecule has 0 unspecified atom stereocenters. The van der Waals surface area contributed by atoms with E-state index >= 15 is 0 Å². The normalized spacial score (nSPS) is 28.8. The molecular weight excluding hydrogens is 200 g/mol. The molecule has 1 atom stereocenters. The second-order valence-electron chi connectivity index (χ2n) is 6.10. The molecule has 0 aromatic rings. The van der Waals surface area contributed by atoms with E-state index in [1.807, 2.05) is 0 Å². The maximum atomic E-state index is 11.7. The molecule has 92 valence electrons. The first-order valence-electron chi connectivity index (χ1n) is 6.53. The fourth-order valence-electron chi connectivity index (χ4n) is 2.87. The molecule has 0 aliphatic carbocycles. The summed E-state index contributed by atoms with van der Waals surface area (Å²) in [6.07, 6.45) is 4.25. The Morgan fingerprint density at radius 1 is 1.19 bits per heavy atom. The van der Waals surface area contributed by atoms with Crippen LogP contribution in [0.25, 0.3) is 0 Å². The average Bonchev–Trinajstić information content (AvgIpc) is 2.63. The third-order valence-electron chi connectivity index (χ3n) is 3.90. The van der Waals surface area contributed by atoms with Crippen LogP contribution in [0, 0.1) is 0 Å². The Morgan fingerprint density at radius 2 is 1.94 bits per heavy atom. The minimum atomic E-state index is 0.238. The van der Waals surface area contributed by atoms with Crippen molar-refractivity contribution in [3.05, 3.63) is 0 Å². The lowest BCUT2D eigenvalue weighted by molar-refractivity contribution is -0.131. The first kappa shape index (κ1) is 11.9. The van der Waals surface area contributed by atoms with E-state index in [1.165, 1.54) is 19.4 Å². The summed E-state index contributed by atoms with van der Waals surface area (Å²) in [5, 5.41) is 0. The predicted octanol–water partition coefficient (Wildman–Crippen LogP) is 1.87. The van der Waals surface area contributed by atoms with Crippen molar-refractivity contribution >= 4 is 5.91 Å². The van der Waals surface area contributed by atoms with Crippen molar-refractivity contribution in [2.24, 2.45) is 0 Å². The number of carbonyl (C=O) groups excluding carboxylic acids is 1. The molecule has 16 heavy (non-hydrogen) atoms. The van der Waals surface area contributed by atoms with Crippen LogP contribution in [-0.2, 0) is 4.79 Å². The summed E-state index contributed by atoms with van der Waals surface area (Å²) in [4.78, 5) is 16.4. The topological polar surface area (TPSA) is 23.6 Å². The third kappa shape index (κ3) is 2.40. The van der Waals surface area contributed by atoms with Gasteiger partial charge in [-0.2, -0.15) is 0 Å². The summed E-state index contributed by atoms with van der Waals surface area (Å²) in [5.74, 6) is 0.376. The number of likely N-dealkylation sites (tertiary alicyclic amines) is 2. The second-order valence-corrected chi connectivity index (χ2v) is 6.10. The lowest BCUT2D eigenvalue weighted by atomic mass is 9.97. The van der Waals surface area contributed by atoms with Crippen molar-refractivity contribution in [1.82, 2.24) is 9.80 Å². The van der Waals surface area contributed by atoms with E-state index in [0.29, 0.717) is 11.9 Å². The molecule has 2 heterocycles. The molecule has 2 rings (SSSR count). The van der Waals surface area contributed by atoms with Gasteiger partial charge in [-0.3, -0.25) is 9.69 Å². The fourth-order valence-corrected chi connectivity index (χ4v) is 2.87. The first-order chi connectivity index (χ1) is 7.48. The molecule has 0 saturated carbocycles. The van der Waals surface area contributed by atoms with Crippen LogP contribution in [0.3, 0.4) is 0 Å². The molecule has 2 aliphatic rings. The molecule has 0 bridgehead atoms. The highest BCUT2D eigenvalue weighted by Gasteiger charge is 2.34. The number of carbonyl (C=O) groups is 1. The Kier molecular flexibility index (Phi) is 3.24. The first-order valence-corrected chi connectivity index (χ1v) is 6.53. The van der Waals surface area contributed by atoms with Gasteiger partial charge in [0.1, 0.15) is 0 Å². The Bertz CT molecular complexity index is 270. The maximum Gasteiger partial charge on any atom is 0.222 e. The quantitative estimate of drug-likeness (QED) is 0.679. The Morgan fingerprint density at radius 3 is 2.50 bits per heavy atom. The zero-order valence-corrected chi connectivity index (χ0v) is 10.8. The molecule has 0 aromatic carbocycles. The SMILES string of the molecule is CC(C)(C)N1CCC[C@H](N2CCCC2=O)C1. The molecule has 0 radical (unpaired) electrons. The summed E-state index contributed by atoms with van der Waals surface area (Å²) < 4.78 is 0. The van der Waals surface area contributed by atoms with Gasteiger partial charge < -0.3 is 4.90 Å². The Hall–Kier alpha value is -0.570. The highest BCUT2D eigenvalue weighted by Crippen LogP contribution is 2.25. The van der Waals surface area contributed by atoms with Gasteiger partial charge >= 0.3 is 0 Å². The Labute approximate surface area is 98.8 Å². The minimum absolute atomic E-state index is 0.238. The summed E-state index contributed by atoms with van der Waals surface area (Å²) in [5.41, 5.74) is 0.238. The number of hydrogen-bond acceptors (Lipinski definition) is 2.